The molecule has 4 nitrogen and oxygen atoms in total. The van der Waals surface area contributed by atoms with Crippen molar-refractivity contribution in [3.8, 4) is 0 Å². The van der Waals surface area contributed by atoms with Gasteiger partial charge in [-0.05, 0) is 43.9 Å². The van der Waals surface area contributed by atoms with Gasteiger partial charge in [0.05, 0.1) is 0 Å². The Bertz CT molecular complexity index is 419. The number of nitrogens with two attached hydrogens (primary N) is 1. The number of rotatable bonds is 2. The lowest BCUT2D eigenvalue weighted by Crippen LogP contribution is -2.44. The molecule has 1 heterocycles. The average Bonchev–Trinajstić information content (AvgIpc) is 2.39. The molecule has 98 valence electrons. The summed E-state index contributed by atoms with van der Waals surface area (Å²) in [6.45, 7) is 3.45. The predicted octanol–water partition coefficient (Wildman–Crippen LogP) is 2.55. The largest absolute Gasteiger partial charge is 0.326 e. The number of carbonyl (C=O) groups is 1. The summed E-state index contributed by atoms with van der Waals surface area (Å²) in [6, 6.07) is 8.02. The van der Waals surface area contributed by atoms with Gasteiger partial charge in [-0.1, -0.05) is 12.1 Å². The fourth-order valence-electron chi connectivity index (χ4n) is 2.37. The molecule has 0 bridgehead atoms. The molecule has 4 heteroatoms. The molecule has 18 heavy (non-hydrogen) atoms. The van der Waals surface area contributed by atoms with Crippen LogP contribution in [0.2, 0.25) is 0 Å². The van der Waals surface area contributed by atoms with Crippen molar-refractivity contribution in [2.75, 3.05) is 11.9 Å². The van der Waals surface area contributed by atoms with Gasteiger partial charge in [0.2, 0.25) is 0 Å². The molecule has 2 amide bonds. The Morgan fingerprint density at radius 3 is 3.06 bits per heavy atom. The van der Waals surface area contributed by atoms with Gasteiger partial charge in [0, 0.05) is 24.8 Å². The van der Waals surface area contributed by atoms with E-state index in [2.05, 4.69) is 12.2 Å². The highest BCUT2D eigenvalue weighted by Crippen LogP contribution is 2.18. The number of hydrogen-bond donors (Lipinski definition) is 2. The molecular weight excluding hydrogens is 226 g/mol. The highest BCUT2D eigenvalue weighted by atomic mass is 16.2. The maximum atomic E-state index is 12.2. The molecule has 0 spiro atoms. The van der Waals surface area contributed by atoms with Crippen LogP contribution < -0.4 is 11.1 Å². The van der Waals surface area contributed by atoms with Crippen molar-refractivity contribution in [1.29, 1.82) is 0 Å². The van der Waals surface area contributed by atoms with Crippen LogP contribution in [0.1, 0.15) is 31.7 Å². The van der Waals surface area contributed by atoms with Crippen LogP contribution in [-0.4, -0.2) is 23.5 Å². The second kappa shape index (κ2) is 5.87. The Labute approximate surface area is 108 Å². The van der Waals surface area contributed by atoms with Gasteiger partial charge in [0.15, 0.2) is 0 Å². The lowest BCUT2D eigenvalue weighted by molar-refractivity contribution is 0.170. The van der Waals surface area contributed by atoms with Crippen molar-refractivity contribution < 1.29 is 4.79 Å². The van der Waals surface area contributed by atoms with Crippen LogP contribution in [0, 0.1) is 0 Å². The van der Waals surface area contributed by atoms with Gasteiger partial charge in [-0.2, -0.15) is 0 Å². The van der Waals surface area contributed by atoms with Gasteiger partial charge >= 0.3 is 6.03 Å². The van der Waals surface area contributed by atoms with E-state index in [1.165, 1.54) is 6.42 Å². The summed E-state index contributed by atoms with van der Waals surface area (Å²) >= 11 is 0. The van der Waals surface area contributed by atoms with Crippen molar-refractivity contribution in [3.63, 3.8) is 0 Å². The quantitative estimate of drug-likeness (QED) is 0.843. The van der Waals surface area contributed by atoms with E-state index in [1.807, 2.05) is 29.2 Å². The third kappa shape index (κ3) is 3.01. The molecule has 0 radical (unpaired) electrons. The van der Waals surface area contributed by atoms with Crippen molar-refractivity contribution >= 4 is 11.7 Å². The van der Waals surface area contributed by atoms with Crippen LogP contribution in [0.4, 0.5) is 10.5 Å². The molecule has 2 rings (SSSR count). The molecular formula is C14H21N3O. The minimum atomic E-state index is -0.00336. The zero-order chi connectivity index (χ0) is 13.0. The minimum absolute atomic E-state index is 0.00336. The van der Waals surface area contributed by atoms with Crippen LogP contribution in [0.5, 0.6) is 0 Å². The van der Waals surface area contributed by atoms with Crippen LogP contribution in [0.15, 0.2) is 24.3 Å². The Balaban J connectivity index is 2.01. The van der Waals surface area contributed by atoms with E-state index in [9.17, 15) is 4.79 Å². The maximum Gasteiger partial charge on any atom is 0.322 e. The summed E-state index contributed by atoms with van der Waals surface area (Å²) in [5.41, 5.74) is 7.44. The van der Waals surface area contributed by atoms with E-state index in [-0.39, 0.29) is 6.03 Å². The third-order valence-corrected chi connectivity index (χ3v) is 3.48. The molecule has 1 aromatic carbocycles. The van der Waals surface area contributed by atoms with Crippen molar-refractivity contribution in [3.05, 3.63) is 29.8 Å². The molecule has 1 fully saturated rings. The van der Waals surface area contributed by atoms with Gasteiger partial charge < -0.3 is 16.0 Å². The van der Waals surface area contributed by atoms with E-state index < -0.39 is 0 Å². The number of hydrogen-bond acceptors (Lipinski definition) is 2. The first-order valence-electron chi connectivity index (χ1n) is 6.57. The number of carbonyl (C=O) groups excluding carboxylic acids is 1. The number of benzene rings is 1. The van der Waals surface area contributed by atoms with Gasteiger partial charge in [-0.25, -0.2) is 4.79 Å². The van der Waals surface area contributed by atoms with Gasteiger partial charge in [0.1, 0.15) is 0 Å². The molecule has 0 aliphatic carbocycles. The first kappa shape index (κ1) is 12.9. The molecule has 1 saturated heterocycles. The molecule has 1 atom stereocenters. The summed E-state index contributed by atoms with van der Waals surface area (Å²) in [5.74, 6) is 0. The minimum Gasteiger partial charge on any atom is -0.326 e. The van der Waals surface area contributed by atoms with Crippen molar-refractivity contribution in [1.82, 2.24) is 4.90 Å². The number of anilines is 1. The van der Waals surface area contributed by atoms with E-state index >= 15 is 0 Å². The Kier molecular flexibility index (Phi) is 4.20. The summed E-state index contributed by atoms with van der Waals surface area (Å²) in [7, 11) is 0. The van der Waals surface area contributed by atoms with Crippen molar-refractivity contribution in [2.45, 2.75) is 38.8 Å². The van der Waals surface area contributed by atoms with Crippen LogP contribution in [0.25, 0.3) is 0 Å². The van der Waals surface area contributed by atoms with Crippen LogP contribution in [-0.2, 0) is 6.54 Å². The SMILES string of the molecule is CC1CCCCN1C(=O)Nc1cccc(CN)c1. The summed E-state index contributed by atoms with van der Waals surface area (Å²) in [4.78, 5) is 14.1. The second-order valence-corrected chi connectivity index (χ2v) is 4.87. The Morgan fingerprint density at radius 2 is 2.33 bits per heavy atom. The fraction of sp³-hybridized carbons (Fsp3) is 0.500. The topological polar surface area (TPSA) is 58.4 Å². The lowest BCUT2D eigenvalue weighted by Gasteiger charge is -2.33. The zero-order valence-corrected chi connectivity index (χ0v) is 10.9. The van der Waals surface area contributed by atoms with Gasteiger partial charge in [-0.15, -0.1) is 0 Å². The van der Waals surface area contributed by atoms with E-state index in [0.29, 0.717) is 12.6 Å². The standard InChI is InChI=1S/C14H21N3O/c1-11-5-2-3-8-17(11)14(18)16-13-7-4-6-12(9-13)10-15/h4,6-7,9,11H,2-3,5,8,10,15H2,1H3,(H,16,18). The number of likely N-dealkylation sites (tertiary alicyclic amines) is 1. The zero-order valence-electron chi connectivity index (χ0n) is 10.9. The summed E-state index contributed by atoms with van der Waals surface area (Å²) in [6.07, 6.45) is 3.41. The molecule has 1 aliphatic rings. The van der Waals surface area contributed by atoms with E-state index in [4.69, 9.17) is 5.73 Å². The third-order valence-electron chi connectivity index (χ3n) is 3.48. The number of amides is 2. The number of urea groups is 1. The molecule has 3 N–H and O–H groups in total. The number of piperidine rings is 1. The molecule has 0 saturated carbocycles. The maximum absolute atomic E-state index is 12.2. The van der Waals surface area contributed by atoms with Gasteiger partial charge in [-0.3, -0.25) is 0 Å². The Hall–Kier alpha value is -1.55. The predicted molar refractivity (Wildman–Crippen MR) is 73.4 cm³/mol. The molecule has 1 aliphatic heterocycles. The number of nitrogens with zero attached hydrogens (tertiary/aromatic N) is 1. The summed E-state index contributed by atoms with van der Waals surface area (Å²) < 4.78 is 0. The molecule has 0 aromatic heterocycles. The van der Waals surface area contributed by atoms with E-state index in [0.717, 1.165) is 30.6 Å². The molecule has 1 unspecified atom stereocenters. The highest BCUT2D eigenvalue weighted by Gasteiger charge is 2.22. The second-order valence-electron chi connectivity index (χ2n) is 4.87. The molecule has 1 aromatic rings. The highest BCUT2D eigenvalue weighted by molar-refractivity contribution is 5.89. The Morgan fingerprint density at radius 1 is 1.50 bits per heavy atom. The average molecular weight is 247 g/mol. The van der Waals surface area contributed by atoms with Crippen LogP contribution >= 0.6 is 0 Å². The first-order valence-corrected chi connectivity index (χ1v) is 6.57. The van der Waals surface area contributed by atoms with Gasteiger partial charge in [0.25, 0.3) is 0 Å². The summed E-state index contributed by atoms with van der Waals surface area (Å²) in [5, 5.41) is 2.95. The lowest BCUT2D eigenvalue weighted by atomic mass is 10.0. The smallest absolute Gasteiger partial charge is 0.322 e. The van der Waals surface area contributed by atoms with Crippen molar-refractivity contribution in [2.24, 2.45) is 5.73 Å². The van der Waals surface area contributed by atoms with Crippen LogP contribution in [0.3, 0.4) is 0 Å². The monoisotopic (exact) mass is 247 g/mol. The fourth-order valence-corrected chi connectivity index (χ4v) is 2.37. The first-order chi connectivity index (χ1) is 8.70. The number of nitrogens with one attached hydrogen (secondary N) is 1. The normalized spacial score (nSPS) is 19.7. The van der Waals surface area contributed by atoms with E-state index in [1.54, 1.807) is 0 Å².